The Hall–Kier alpha value is -4.52. The molecule has 13 heteroatoms. The van der Waals surface area contributed by atoms with Crippen LogP contribution in [0.1, 0.15) is 30.9 Å². The van der Waals surface area contributed by atoms with Crippen molar-refractivity contribution in [3.05, 3.63) is 83.7 Å². The fourth-order valence-corrected chi connectivity index (χ4v) is 6.19. The molecule has 1 fully saturated rings. The van der Waals surface area contributed by atoms with Gasteiger partial charge in [-0.1, -0.05) is 60.7 Å². The molecule has 2 aliphatic rings. The number of methoxy groups -OCH3 is 1. The van der Waals surface area contributed by atoms with E-state index in [1.165, 1.54) is 18.2 Å². The zero-order chi connectivity index (χ0) is 33.1. The van der Waals surface area contributed by atoms with Gasteiger partial charge in [0.15, 0.2) is 6.04 Å². The highest BCUT2D eigenvalue weighted by Crippen LogP contribution is 2.29. The molecule has 4 amide bonds. The number of nitrogens with one attached hydrogen (secondary N) is 3. The third kappa shape index (κ3) is 8.59. The summed E-state index contributed by atoms with van der Waals surface area (Å²) in [5.74, 6) is -0.660. The molecule has 12 nitrogen and oxygen atoms in total. The molecule has 2 aliphatic heterocycles. The smallest absolute Gasteiger partial charge is 0.415 e. The molecular formula is C33H41N5O7S. The summed E-state index contributed by atoms with van der Waals surface area (Å²) in [4.78, 5) is 67.3. The molecule has 2 heterocycles. The first-order valence-electron chi connectivity index (χ1n) is 15.1. The van der Waals surface area contributed by atoms with E-state index in [1.807, 2.05) is 73.8 Å². The Labute approximate surface area is 273 Å². The van der Waals surface area contributed by atoms with Gasteiger partial charge in [0.05, 0.1) is 18.8 Å². The lowest BCUT2D eigenvalue weighted by Crippen LogP contribution is -2.56. The lowest BCUT2D eigenvalue weighted by atomic mass is 9.99. The van der Waals surface area contributed by atoms with E-state index in [4.69, 9.17) is 9.47 Å². The van der Waals surface area contributed by atoms with E-state index in [2.05, 4.69) is 16.0 Å². The number of ether oxygens (including phenoxy) is 2. The first-order valence-corrected chi connectivity index (χ1v) is 16.5. The van der Waals surface area contributed by atoms with E-state index in [1.54, 1.807) is 16.7 Å². The Morgan fingerprint density at radius 1 is 1.09 bits per heavy atom. The molecule has 0 bridgehead atoms. The number of benzene rings is 2. The molecule has 0 aromatic heterocycles. The van der Waals surface area contributed by atoms with E-state index < -0.39 is 42.1 Å². The summed E-state index contributed by atoms with van der Waals surface area (Å²) in [7, 11) is 1.25. The molecule has 46 heavy (non-hydrogen) atoms. The lowest BCUT2D eigenvalue weighted by molar-refractivity contribution is -0.145. The van der Waals surface area contributed by atoms with Crippen LogP contribution in [0.15, 0.2) is 72.6 Å². The Kier molecular flexibility index (Phi) is 12.5. The van der Waals surface area contributed by atoms with E-state index in [-0.39, 0.29) is 25.1 Å². The number of esters is 1. The average molecular weight is 652 g/mol. The average Bonchev–Trinajstić information content (AvgIpc) is 3.35. The van der Waals surface area contributed by atoms with E-state index in [9.17, 15) is 24.0 Å². The number of nitrogens with zero attached hydrogens (tertiary/aromatic N) is 2. The molecule has 2 aromatic rings. The first-order chi connectivity index (χ1) is 22.3. The maximum Gasteiger partial charge on any atom is 0.415 e. The van der Waals surface area contributed by atoms with Gasteiger partial charge in [-0.25, -0.2) is 9.59 Å². The summed E-state index contributed by atoms with van der Waals surface area (Å²) >= 11 is 1.55. The fourth-order valence-electron chi connectivity index (χ4n) is 5.72. The van der Waals surface area contributed by atoms with E-state index in [0.717, 1.165) is 11.1 Å². The number of carbonyl (C=O) groups excluding carboxylic acids is 5. The highest BCUT2D eigenvalue weighted by atomic mass is 32.2. The van der Waals surface area contributed by atoms with Crippen LogP contribution in [0.2, 0.25) is 0 Å². The van der Waals surface area contributed by atoms with Crippen LogP contribution in [-0.2, 0) is 41.7 Å². The van der Waals surface area contributed by atoms with Crippen LogP contribution in [0.4, 0.5) is 4.79 Å². The predicted octanol–water partition coefficient (Wildman–Crippen LogP) is 2.20. The van der Waals surface area contributed by atoms with Crippen LogP contribution >= 0.6 is 11.8 Å². The van der Waals surface area contributed by atoms with Gasteiger partial charge >= 0.3 is 12.1 Å². The first kappa shape index (κ1) is 34.4. The van der Waals surface area contributed by atoms with Crippen molar-refractivity contribution in [2.75, 3.05) is 25.7 Å². The number of rotatable bonds is 14. The van der Waals surface area contributed by atoms with Crippen molar-refractivity contribution in [1.29, 1.82) is 0 Å². The number of likely N-dealkylation sites (tertiary alicyclic amines) is 1. The van der Waals surface area contributed by atoms with Crippen LogP contribution in [0.5, 0.6) is 0 Å². The molecule has 2 aromatic carbocycles. The summed E-state index contributed by atoms with van der Waals surface area (Å²) in [6.07, 6.45) is 4.37. The van der Waals surface area contributed by atoms with Gasteiger partial charge in [0.1, 0.15) is 18.7 Å². The molecule has 0 saturated carbocycles. The van der Waals surface area contributed by atoms with Crippen molar-refractivity contribution in [3.63, 3.8) is 0 Å². The zero-order valence-electron chi connectivity index (χ0n) is 26.2. The van der Waals surface area contributed by atoms with Crippen LogP contribution < -0.4 is 16.0 Å². The molecule has 0 radical (unpaired) electrons. The third-order valence-corrected chi connectivity index (χ3v) is 8.73. The number of hydrogen-bond acceptors (Lipinski definition) is 9. The molecule has 4 rings (SSSR count). The normalized spacial score (nSPS) is 20.5. The summed E-state index contributed by atoms with van der Waals surface area (Å²) in [6.45, 7) is 1.95. The molecule has 3 N–H and O–H groups in total. The van der Waals surface area contributed by atoms with Gasteiger partial charge in [0, 0.05) is 18.8 Å². The van der Waals surface area contributed by atoms with Gasteiger partial charge in [0.2, 0.25) is 18.2 Å². The van der Waals surface area contributed by atoms with Crippen LogP contribution in [-0.4, -0.2) is 96.0 Å². The monoisotopic (exact) mass is 651 g/mol. The van der Waals surface area contributed by atoms with Gasteiger partial charge in [-0.3, -0.25) is 19.3 Å². The maximum atomic E-state index is 14.0. The number of hydrogen-bond donors (Lipinski definition) is 3. The highest BCUT2D eigenvalue weighted by molar-refractivity contribution is 7.98. The highest BCUT2D eigenvalue weighted by Gasteiger charge is 2.45. The van der Waals surface area contributed by atoms with Crippen LogP contribution in [0.3, 0.4) is 0 Å². The van der Waals surface area contributed by atoms with E-state index >= 15 is 0 Å². The Morgan fingerprint density at radius 2 is 1.76 bits per heavy atom. The van der Waals surface area contributed by atoms with Crippen molar-refractivity contribution in [2.45, 2.75) is 63.0 Å². The molecule has 1 saturated heterocycles. The quantitative estimate of drug-likeness (QED) is 0.207. The molecular weight excluding hydrogens is 610 g/mol. The summed E-state index contributed by atoms with van der Waals surface area (Å²) < 4.78 is 10.6. The van der Waals surface area contributed by atoms with Crippen molar-refractivity contribution >= 4 is 42.0 Å². The second kappa shape index (κ2) is 16.7. The maximum absolute atomic E-state index is 14.0. The second-order valence-corrected chi connectivity index (χ2v) is 12.2. The zero-order valence-corrected chi connectivity index (χ0v) is 27.0. The lowest BCUT2D eigenvalue weighted by Gasteiger charge is -2.39. The van der Waals surface area contributed by atoms with Crippen molar-refractivity contribution in [2.24, 2.45) is 0 Å². The van der Waals surface area contributed by atoms with Crippen molar-refractivity contribution in [1.82, 2.24) is 25.8 Å². The predicted molar refractivity (Wildman–Crippen MR) is 173 cm³/mol. The number of thioether (sulfide) groups is 1. The summed E-state index contributed by atoms with van der Waals surface area (Å²) in [5.41, 5.74) is 2.27. The summed E-state index contributed by atoms with van der Waals surface area (Å²) in [6, 6.07) is 15.4. The molecule has 1 unspecified atom stereocenters. The SMILES string of the molecule is COC(=O)[C@@H]1CNC([C@H](Cc2ccccc2)N2C(=O)[C@@H](NC(=O)[C@H](CCSC)NC=O)CC2C)=CN1C(=O)OCc1ccccc1. The fraction of sp³-hybridized carbons (Fsp3) is 0.424. The van der Waals surface area contributed by atoms with E-state index in [0.29, 0.717) is 37.1 Å². The summed E-state index contributed by atoms with van der Waals surface area (Å²) in [5, 5.41) is 8.67. The van der Waals surface area contributed by atoms with Gasteiger partial charge in [0.25, 0.3) is 0 Å². The van der Waals surface area contributed by atoms with Gasteiger partial charge in [-0.15, -0.1) is 0 Å². The minimum atomic E-state index is -0.989. The molecule has 246 valence electrons. The molecule has 0 spiro atoms. The van der Waals surface area contributed by atoms with Crippen LogP contribution in [0.25, 0.3) is 0 Å². The van der Waals surface area contributed by atoms with Crippen molar-refractivity contribution in [3.8, 4) is 0 Å². The second-order valence-electron chi connectivity index (χ2n) is 11.2. The largest absolute Gasteiger partial charge is 0.467 e. The number of carbonyl (C=O) groups is 5. The third-order valence-electron chi connectivity index (χ3n) is 8.09. The van der Waals surface area contributed by atoms with Gasteiger partial charge < -0.3 is 30.3 Å². The Morgan fingerprint density at radius 3 is 2.39 bits per heavy atom. The van der Waals surface area contributed by atoms with Gasteiger partial charge in [-0.2, -0.15) is 11.8 Å². The topological polar surface area (TPSA) is 146 Å². The Balaban J connectivity index is 1.62. The Bertz CT molecular complexity index is 1390. The van der Waals surface area contributed by atoms with Gasteiger partial charge in [-0.05, 0) is 49.3 Å². The van der Waals surface area contributed by atoms with Crippen LogP contribution in [0, 0.1) is 0 Å². The minimum absolute atomic E-state index is 0.00797. The number of amides is 4. The van der Waals surface area contributed by atoms with Crippen molar-refractivity contribution < 1.29 is 33.4 Å². The standard InChI is InChI=1S/C33H41N5O7S/c1-22-16-26(36-30(40)25(35-21-39)14-15-46-3)31(41)38(22)28(17-23-10-6-4-7-11-23)27-19-37(29(18-34-27)32(42)44-2)33(43)45-20-24-12-8-5-9-13-24/h4-13,19,21-22,25-26,28-29,34H,14-18,20H2,1-3H3,(H,35,39)(H,36,40)/t22?,25-,26-,28-,29-/m0/s1. The molecule has 5 atom stereocenters. The molecule has 0 aliphatic carbocycles. The minimum Gasteiger partial charge on any atom is -0.467 e.